The summed E-state index contributed by atoms with van der Waals surface area (Å²) in [5.74, 6) is -0.552. The number of rotatable bonds is 3. The van der Waals surface area contributed by atoms with Crippen LogP contribution in [0.1, 0.15) is 12.0 Å². The highest BCUT2D eigenvalue weighted by molar-refractivity contribution is 9.10. The van der Waals surface area contributed by atoms with Crippen LogP contribution in [0, 0.1) is 5.82 Å². The van der Waals surface area contributed by atoms with Gasteiger partial charge in [-0.1, -0.05) is 0 Å². The highest BCUT2D eigenvalue weighted by atomic mass is 79.9. The minimum atomic E-state index is -0.300. The molecule has 90 valence electrons. The van der Waals surface area contributed by atoms with Crippen LogP contribution in [0.3, 0.4) is 0 Å². The number of H-pyrrole nitrogens is 1. The van der Waals surface area contributed by atoms with E-state index in [1.807, 2.05) is 0 Å². The second-order valence-electron chi connectivity index (χ2n) is 3.70. The Kier molecular flexibility index (Phi) is 3.47. The number of nitrogens with one attached hydrogen (secondary N) is 1. The van der Waals surface area contributed by atoms with Gasteiger partial charge >= 0.3 is 5.97 Å². The molecule has 1 heterocycles. The van der Waals surface area contributed by atoms with Gasteiger partial charge in [0.2, 0.25) is 0 Å². The number of methoxy groups -OCH3 is 1. The van der Waals surface area contributed by atoms with Crippen molar-refractivity contribution >= 4 is 32.8 Å². The summed E-state index contributed by atoms with van der Waals surface area (Å²) in [6.45, 7) is 0. The first-order valence-electron chi connectivity index (χ1n) is 5.13. The van der Waals surface area contributed by atoms with Crippen LogP contribution in [0.4, 0.5) is 4.39 Å². The maximum absolute atomic E-state index is 13.2. The summed E-state index contributed by atoms with van der Waals surface area (Å²) in [5, 5.41) is 0.912. The molecule has 1 N–H and O–H groups in total. The van der Waals surface area contributed by atoms with E-state index in [0.29, 0.717) is 17.3 Å². The monoisotopic (exact) mass is 299 g/mol. The third kappa shape index (κ3) is 2.49. The molecule has 0 saturated heterocycles. The van der Waals surface area contributed by atoms with Crippen LogP contribution in [0.25, 0.3) is 10.9 Å². The first kappa shape index (κ1) is 12.1. The maximum atomic E-state index is 13.2. The number of hydrogen-bond acceptors (Lipinski definition) is 2. The number of carbonyl (C=O) groups is 1. The Morgan fingerprint density at radius 1 is 1.53 bits per heavy atom. The van der Waals surface area contributed by atoms with Gasteiger partial charge in [-0.2, -0.15) is 0 Å². The molecule has 0 spiro atoms. The lowest BCUT2D eigenvalue weighted by Crippen LogP contribution is -2.01. The normalized spacial score (nSPS) is 10.8. The van der Waals surface area contributed by atoms with Gasteiger partial charge in [-0.15, -0.1) is 0 Å². The third-order valence-corrected chi connectivity index (χ3v) is 3.23. The van der Waals surface area contributed by atoms with E-state index >= 15 is 0 Å². The Bertz CT molecular complexity index is 565. The predicted molar refractivity (Wildman–Crippen MR) is 66.3 cm³/mol. The highest BCUT2D eigenvalue weighted by Gasteiger charge is 2.10. The summed E-state index contributed by atoms with van der Waals surface area (Å²) < 4.78 is 18.4. The van der Waals surface area contributed by atoms with Gasteiger partial charge in [-0.05, 0) is 40.0 Å². The van der Waals surface area contributed by atoms with E-state index < -0.39 is 0 Å². The molecule has 0 fully saturated rings. The van der Waals surface area contributed by atoms with Gasteiger partial charge < -0.3 is 9.72 Å². The van der Waals surface area contributed by atoms with Gasteiger partial charge in [0.05, 0.1) is 7.11 Å². The Labute approximate surface area is 106 Å². The van der Waals surface area contributed by atoms with Crippen molar-refractivity contribution in [2.45, 2.75) is 12.8 Å². The molecular weight excluding hydrogens is 289 g/mol. The van der Waals surface area contributed by atoms with E-state index in [0.717, 1.165) is 16.5 Å². The van der Waals surface area contributed by atoms with Gasteiger partial charge in [0.1, 0.15) is 5.82 Å². The average molecular weight is 300 g/mol. The summed E-state index contributed by atoms with van der Waals surface area (Å²) in [6.07, 6.45) is 2.67. The molecule has 17 heavy (non-hydrogen) atoms. The Morgan fingerprint density at radius 3 is 3.00 bits per heavy atom. The molecular formula is C12H11BrFNO2. The quantitative estimate of drug-likeness (QED) is 0.885. The topological polar surface area (TPSA) is 42.1 Å². The number of aromatic nitrogens is 1. The van der Waals surface area contributed by atoms with Crippen molar-refractivity contribution < 1.29 is 13.9 Å². The highest BCUT2D eigenvalue weighted by Crippen LogP contribution is 2.29. The predicted octanol–water partition coefficient (Wildman–Crippen LogP) is 3.18. The van der Waals surface area contributed by atoms with Gasteiger partial charge in [0, 0.05) is 28.0 Å². The number of halogens is 2. The Balaban J connectivity index is 2.33. The molecule has 0 bridgehead atoms. The van der Waals surface area contributed by atoms with Crippen molar-refractivity contribution in [1.82, 2.24) is 4.98 Å². The molecule has 3 nitrogen and oxygen atoms in total. The fourth-order valence-electron chi connectivity index (χ4n) is 1.79. The van der Waals surface area contributed by atoms with Gasteiger partial charge in [-0.25, -0.2) is 4.39 Å². The van der Waals surface area contributed by atoms with E-state index in [4.69, 9.17) is 0 Å². The van der Waals surface area contributed by atoms with Crippen LogP contribution in [0.5, 0.6) is 0 Å². The molecule has 0 unspecified atom stereocenters. The molecule has 0 atom stereocenters. The SMILES string of the molecule is COC(=O)CCc1c[nH]c2cc(F)cc(Br)c12. The summed E-state index contributed by atoms with van der Waals surface area (Å²) in [6, 6.07) is 2.85. The largest absolute Gasteiger partial charge is 0.469 e. The minimum absolute atomic E-state index is 0.252. The zero-order valence-electron chi connectivity index (χ0n) is 9.22. The second-order valence-corrected chi connectivity index (χ2v) is 4.55. The standard InChI is InChI=1S/C12H11BrFNO2/c1-17-11(16)3-2-7-6-15-10-5-8(14)4-9(13)12(7)10/h4-6,15H,2-3H2,1H3. The van der Waals surface area contributed by atoms with Gasteiger partial charge in [0.25, 0.3) is 0 Å². The molecule has 5 heteroatoms. The number of hydrogen-bond donors (Lipinski definition) is 1. The van der Waals surface area contributed by atoms with Crippen LogP contribution in [-0.2, 0) is 16.0 Å². The van der Waals surface area contributed by atoms with Crippen molar-refractivity contribution in [3.63, 3.8) is 0 Å². The van der Waals surface area contributed by atoms with Crippen LogP contribution in [0.2, 0.25) is 0 Å². The van der Waals surface area contributed by atoms with Gasteiger partial charge in [-0.3, -0.25) is 4.79 Å². The number of carbonyl (C=O) groups excluding carboxylic acids is 1. The number of esters is 1. The summed E-state index contributed by atoms with van der Waals surface area (Å²) >= 11 is 3.33. The lowest BCUT2D eigenvalue weighted by Gasteiger charge is -2.01. The number of aromatic amines is 1. The molecule has 1 aromatic heterocycles. The molecule has 0 aliphatic carbocycles. The van der Waals surface area contributed by atoms with Crippen molar-refractivity contribution in [3.8, 4) is 0 Å². The minimum Gasteiger partial charge on any atom is -0.469 e. The van der Waals surface area contributed by atoms with E-state index in [-0.39, 0.29) is 11.8 Å². The fraction of sp³-hybridized carbons (Fsp3) is 0.250. The van der Waals surface area contributed by atoms with Crippen molar-refractivity contribution in [2.75, 3.05) is 7.11 Å². The van der Waals surface area contributed by atoms with E-state index in [2.05, 4.69) is 25.7 Å². The van der Waals surface area contributed by atoms with Crippen molar-refractivity contribution in [2.24, 2.45) is 0 Å². The molecule has 0 radical (unpaired) electrons. The molecule has 2 aromatic rings. The third-order valence-electron chi connectivity index (χ3n) is 2.60. The lowest BCUT2D eigenvalue weighted by atomic mass is 10.1. The van der Waals surface area contributed by atoms with Crippen LogP contribution < -0.4 is 0 Å². The fourth-order valence-corrected chi connectivity index (χ4v) is 2.47. The van der Waals surface area contributed by atoms with Crippen LogP contribution in [-0.4, -0.2) is 18.1 Å². The summed E-state index contributed by atoms with van der Waals surface area (Å²) in [7, 11) is 1.36. The first-order chi connectivity index (χ1) is 8.11. The van der Waals surface area contributed by atoms with E-state index in [1.54, 1.807) is 6.20 Å². The molecule has 1 aromatic carbocycles. The van der Waals surface area contributed by atoms with Crippen LogP contribution in [0.15, 0.2) is 22.8 Å². The average Bonchev–Trinajstić information content (AvgIpc) is 2.69. The molecule has 0 aliphatic heterocycles. The lowest BCUT2D eigenvalue weighted by molar-refractivity contribution is -0.140. The molecule has 0 aliphatic rings. The Hall–Kier alpha value is -1.36. The number of aryl methyl sites for hydroxylation is 1. The first-order valence-corrected chi connectivity index (χ1v) is 5.93. The van der Waals surface area contributed by atoms with E-state index in [1.165, 1.54) is 19.2 Å². The van der Waals surface area contributed by atoms with Gasteiger partial charge in [0.15, 0.2) is 0 Å². The molecule has 0 saturated carbocycles. The second kappa shape index (κ2) is 4.87. The molecule has 2 rings (SSSR count). The summed E-state index contributed by atoms with van der Waals surface area (Å²) in [5.41, 5.74) is 1.69. The number of benzene rings is 1. The zero-order chi connectivity index (χ0) is 12.4. The Morgan fingerprint density at radius 2 is 2.29 bits per heavy atom. The molecule has 0 amide bonds. The maximum Gasteiger partial charge on any atom is 0.305 e. The van der Waals surface area contributed by atoms with E-state index in [9.17, 15) is 9.18 Å². The number of fused-ring (bicyclic) bond motifs is 1. The number of ether oxygens (including phenoxy) is 1. The summed E-state index contributed by atoms with van der Waals surface area (Å²) in [4.78, 5) is 14.1. The zero-order valence-corrected chi connectivity index (χ0v) is 10.8. The van der Waals surface area contributed by atoms with Crippen molar-refractivity contribution in [1.29, 1.82) is 0 Å². The van der Waals surface area contributed by atoms with Crippen molar-refractivity contribution in [3.05, 3.63) is 34.2 Å². The van der Waals surface area contributed by atoms with Crippen LogP contribution >= 0.6 is 15.9 Å². The smallest absolute Gasteiger partial charge is 0.305 e.